The minimum atomic E-state index is -0.0467. The van der Waals surface area contributed by atoms with Crippen molar-refractivity contribution < 1.29 is 14.6 Å². The predicted molar refractivity (Wildman–Crippen MR) is 77.9 cm³/mol. The van der Waals surface area contributed by atoms with E-state index in [2.05, 4.69) is 21.2 Å². The molecule has 0 aliphatic rings. The average molecular weight is 330 g/mol. The molecule has 0 saturated carbocycles. The van der Waals surface area contributed by atoms with Crippen molar-refractivity contribution in [3.63, 3.8) is 0 Å². The van der Waals surface area contributed by atoms with Gasteiger partial charge in [-0.2, -0.15) is 0 Å². The smallest absolute Gasteiger partial charge is 0.222 e. The van der Waals surface area contributed by atoms with Crippen LogP contribution in [0.2, 0.25) is 0 Å². The van der Waals surface area contributed by atoms with Gasteiger partial charge in [-0.15, -0.1) is 0 Å². The van der Waals surface area contributed by atoms with E-state index in [0.717, 1.165) is 16.5 Å². The third-order valence-corrected chi connectivity index (χ3v) is 3.29. The minimum absolute atomic E-state index is 0.0285. The van der Waals surface area contributed by atoms with E-state index in [1.165, 1.54) is 0 Å². The first-order valence-corrected chi connectivity index (χ1v) is 7.06. The lowest BCUT2D eigenvalue weighted by atomic mass is 10.00. The van der Waals surface area contributed by atoms with E-state index in [1.54, 1.807) is 7.11 Å². The Balaban J connectivity index is 2.39. The highest BCUT2D eigenvalue weighted by molar-refractivity contribution is 9.10. The van der Waals surface area contributed by atoms with Crippen LogP contribution in [0.1, 0.15) is 12.0 Å². The summed E-state index contributed by atoms with van der Waals surface area (Å²) in [6.45, 7) is 0.948. The highest BCUT2D eigenvalue weighted by Gasteiger charge is 2.10. The van der Waals surface area contributed by atoms with Crippen LogP contribution in [-0.4, -0.2) is 37.9 Å². The second-order valence-electron chi connectivity index (χ2n) is 4.43. The number of ether oxygens (including phenoxy) is 1. The SMILES string of the molecule is COCCC(=O)NC[C@H](CO)Cc1cccc(Br)c1. The second-order valence-corrected chi connectivity index (χ2v) is 5.35. The molecule has 1 rings (SSSR count). The highest BCUT2D eigenvalue weighted by Crippen LogP contribution is 2.14. The van der Waals surface area contributed by atoms with Crippen LogP contribution in [0.4, 0.5) is 0 Å². The number of carbonyl (C=O) groups is 1. The fourth-order valence-corrected chi connectivity index (χ4v) is 2.19. The van der Waals surface area contributed by atoms with E-state index in [4.69, 9.17) is 4.74 Å². The van der Waals surface area contributed by atoms with Crippen molar-refractivity contribution in [2.45, 2.75) is 12.8 Å². The van der Waals surface area contributed by atoms with E-state index < -0.39 is 0 Å². The zero-order chi connectivity index (χ0) is 14.1. The van der Waals surface area contributed by atoms with Crippen LogP contribution in [0.5, 0.6) is 0 Å². The zero-order valence-corrected chi connectivity index (χ0v) is 12.6. The number of amides is 1. The van der Waals surface area contributed by atoms with Crippen molar-refractivity contribution in [2.24, 2.45) is 5.92 Å². The van der Waals surface area contributed by atoms with Crippen molar-refractivity contribution in [2.75, 3.05) is 26.9 Å². The molecule has 0 heterocycles. The number of carbonyl (C=O) groups excluding carboxylic acids is 1. The molecule has 1 amide bonds. The summed E-state index contributed by atoms with van der Waals surface area (Å²) in [5.41, 5.74) is 1.14. The third-order valence-electron chi connectivity index (χ3n) is 2.79. The lowest BCUT2D eigenvalue weighted by Crippen LogP contribution is -2.32. The Labute approximate surface area is 122 Å². The minimum Gasteiger partial charge on any atom is -0.396 e. The Morgan fingerprint density at radius 3 is 2.95 bits per heavy atom. The number of aliphatic hydroxyl groups is 1. The maximum Gasteiger partial charge on any atom is 0.222 e. The Kier molecular flexibility index (Phi) is 7.70. The largest absolute Gasteiger partial charge is 0.396 e. The van der Waals surface area contributed by atoms with E-state index >= 15 is 0 Å². The van der Waals surface area contributed by atoms with Gasteiger partial charge in [0.2, 0.25) is 5.91 Å². The quantitative estimate of drug-likeness (QED) is 0.764. The number of nitrogens with one attached hydrogen (secondary N) is 1. The molecule has 1 atom stereocenters. The monoisotopic (exact) mass is 329 g/mol. The van der Waals surface area contributed by atoms with Gasteiger partial charge in [-0.05, 0) is 24.1 Å². The standard InChI is InChI=1S/C14H20BrNO3/c1-19-6-5-14(18)16-9-12(10-17)7-11-3-2-4-13(15)8-11/h2-4,8,12,17H,5-7,9-10H2,1H3,(H,16,18)/t12-/m1/s1. The lowest BCUT2D eigenvalue weighted by molar-refractivity contribution is -0.122. The van der Waals surface area contributed by atoms with Gasteiger partial charge in [-0.25, -0.2) is 0 Å². The molecular formula is C14H20BrNO3. The summed E-state index contributed by atoms with van der Waals surface area (Å²) in [4.78, 5) is 11.4. The van der Waals surface area contributed by atoms with Crippen LogP contribution in [0.15, 0.2) is 28.7 Å². The molecule has 0 aliphatic heterocycles. The summed E-state index contributed by atoms with van der Waals surface area (Å²) in [7, 11) is 1.57. The number of methoxy groups -OCH3 is 1. The van der Waals surface area contributed by atoms with Crippen LogP contribution in [0, 0.1) is 5.92 Å². The molecule has 4 nitrogen and oxygen atoms in total. The molecule has 106 valence electrons. The van der Waals surface area contributed by atoms with Gasteiger partial charge in [-0.3, -0.25) is 4.79 Å². The van der Waals surface area contributed by atoms with Crippen molar-refractivity contribution >= 4 is 21.8 Å². The normalized spacial score (nSPS) is 12.2. The Hall–Kier alpha value is -0.910. The molecule has 0 aromatic heterocycles. The van der Waals surface area contributed by atoms with E-state index in [9.17, 15) is 9.90 Å². The maximum absolute atomic E-state index is 11.4. The molecule has 0 saturated heterocycles. The van der Waals surface area contributed by atoms with Gasteiger partial charge < -0.3 is 15.2 Å². The van der Waals surface area contributed by atoms with Crippen LogP contribution in [0.25, 0.3) is 0 Å². The summed E-state index contributed by atoms with van der Waals surface area (Å²) in [6.07, 6.45) is 1.09. The van der Waals surface area contributed by atoms with Crippen molar-refractivity contribution in [3.05, 3.63) is 34.3 Å². The van der Waals surface area contributed by atoms with Gasteiger partial charge in [0, 0.05) is 37.1 Å². The third kappa shape index (κ3) is 6.71. The van der Waals surface area contributed by atoms with E-state index in [0.29, 0.717) is 19.6 Å². The Bertz CT molecular complexity index is 398. The number of rotatable bonds is 8. The molecule has 0 radical (unpaired) electrons. The fraction of sp³-hybridized carbons (Fsp3) is 0.500. The van der Waals surface area contributed by atoms with Crippen LogP contribution < -0.4 is 5.32 Å². The average Bonchev–Trinajstić information content (AvgIpc) is 2.41. The summed E-state index contributed by atoms with van der Waals surface area (Å²) in [5.74, 6) is -0.0182. The van der Waals surface area contributed by atoms with E-state index in [-0.39, 0.29) is 18.4 Å². The first-order chi connectivity index (χ1) is 9.15. The van der Waals surface area contributed by atoms with Gasteiger partial charge in [0.25, 0.3) is 0 Å². The van der Waals surface area contributed by atoms with Crippen molar-refractivity contribution in [1.29, 1.82) is 0 Å². The van der Waals surface area contributed by atoms with Crippen LogP contribution in [-0.2, 0) is 16.0 Å². The molecule has 0 bridgehead atoms. The van der Waals surface area contributed by atoms with Crippen molar-refractivity contribution in [1.82, 2.24) is 5.32 Å². The number of aliphatic hydroxyl groups excluding tert-OH is 1. The summed E-state index contributed by atoms with van der Waals surface area (Å²) < 4.78 is 5.86. The number of halogens is 1. The predicted octanol–water partition coefficient (Wildman–Crippen LogP) is 1.75. The van der Waals surface area contributed by atoms with Gasteiger partial charge in [0.1, 0.15) is 0 Å². The molecular weight excluding hydrogens is 310 g/mol. The molecule has 0 aliphatic carbocycles. The summed E-state index contributed by atoms with van der Waals surface area (Å²) in [6, 6.07) is 7.96. The Morgan fingerprint density at radius 2 is 2.32 bits per heavy atom. The van der Waals surface area contributed by atoms with Crippen LogP contribution in [0.3, 0.4) is 0 Å². The number of hydrogen-bond donors (Lipinski definition) is 2. The molecule has 19 heavy (non-hydrogen) atoms. The first kappa shape index (κ1) is 16.1. The highest BCUT2D eigenvalue weighted by atomic mass is 79.9. The second kappa shape index (κ2) is 9.07. The number of benzene rings is 1. The summed E-state index contributed by atoms with van der Waals surface area (Å²) in [5, 5.41) is 12.2. The van der Waals surface area contributed by atoms with Crippen molar-refractivity contribution in [3.8, 4) is 0 Å². The molecule has 5 heteroatoms. The van der Waals surface area contributed by atoms with Crippen LogP contribution >= 0.6 is 15.9 Å². The Morgan fingerprint density at radius 1 is 1.53 bits per heavy atom. The number of hydrogen-bond acceptors (Lipinski definition) is 3. The first-order valence-electron chi connectivity index (χ1n) is 6.26. The fourth-order valence-electron chi connectivity index (χ4n) is 1.74. The molecule has 0 unspecified atom stereocenters. The molecule has 1 aromatic carbocycles. The topological polar surface area (TPSA) is 58.6 Å². The van der Waals surface area contributed by atoms with Gasteiger partial charge in [-0.1, -0.05) is 28.1 Å². The zero-order valence-electron chi connectivity index (χ0n) is 11.1. The molecule has 0 spiro atoms. The lowest BCUT2D eigenvalue weighted by Gasteiger charge is -2.15. The molecule has 2 N–H and O–H groups in total. The molecule has 0 fully saturated rings. The van der Waals surface area contributed by atoms with E-state index in [1.807, 2.05) is 24.3 Å². The van der Waals surface area contributed by atoms with Gasteiger partial charge >= 0.3 is 0 Å². The maximum atomic E-state index is 11.4. The molecule has 1 aromatic rings. The summed E-state index contributed by atoms with van der Waals surface area (Å²) >= 11 is 3.42. The van der Waals surface area contributed by atoms with Gasteiger partial charge in [0.05, 0.1) is 6.61 Å². The van der Waals surface area contributed by atoms with Gasteiger partial charge in [0.15, 0.2) is 0 Å².